The van der Waals surface area contributed by atoms with E-state index in [4.69, 9.17) is 0 Å². The summed E-state index contributed by atoms with van der Waals surface area (Å²) in [5.41, 5.74) is 0.234. The molecule has 20 heavy (non-hydrogen) atoms. The van der Waals surface area contributed by atoms with Gasteiger partial charge in [-0.25, -0.2) is 0 Å². The highest BCUT2D eigenvalue weighted by molar-refractivity contribution is 5.94. The molecule has 0 bridgehead atoms. The minimum absolute atomic E-state index is 0.0513. The zero-order valence-corrected chi connectivity index (χ0v) is 12.2. The van der Waals surface area contributed by atoms with Crippen molar-refractivity contribution < 1.29 is 4.79 Å². The molecule has 1 aromatic rings. The van der Waals surface area contributed by atoms with Gasteiger partial charge in [-0.3, -0.25) is 9.59 Å². The highest BCUT2D eigenvalue weighted by Crippen LogP contribution is 2.17. The number of hydrogen-bond donors (Lipinski definition) is 2. The molecule has 2 N–H and O–H groups in total. The van der Waals surface area contributed by atoms with Crippen LogP contribution in [0.3, 0.4) is 0 Å². The number of carbonyl (C=O) groups excluding carboxylic acids is 1. The Bertz CT molecular complexity index is 504. The van der Waals surface area contributed by atoms with Gasteiger partial charge in [0.2, 0.25) is 5.56 Å². The van der Waals surface area contributed by atoms with Crippen molar-refractivity contribution in [3.05, 3.63) is 34.2 Å². The number of rotatable bonds is 4. The lowest BCUT2D eigenvalue weighted by molar-refractivity contribution is 0.0657. The van der Waals surface area contributed by atoms with E-state index in [1.54, 1.807) is 6.07 Å². The molecule has 110 valence electrons. The predicted octanol–water partition coefficient (Wildman–Crippen LogP) is 1.23. The van der Waals surface area contributed by atoms with Crippen molar-refractivity contribution in [1.82, 2.24) is 15.2 Å². The monoisotopic (exact) mass is 277 g/mol. The van der Waals surface area contributed by atoms with Gasteiger partial charge in [-0.05, 0) is 51.8 Å². The second-order valence-electron chi connectivity index (χ2n) is 5.69. The molecular formula is C15H23N3O2. The van der Waals surface area contributed by atoms with Gasteiger partial charge in [-0.1, -0.05) is 0 Å². The third-order valence-corrected chi connectivity index (χ3v) is 3.82. The molecule has 0 aliphatic carbocycles. The number of aromatic nitrogens is 1. The number of aromatic amines is 1. The molecule has 0 aromatic carbocycles. The minimum atomic E-state index is -0.235. The fraction of sp³-hybridized carbons (Fsp3) is 0.600. The molecule has 0 atom stereocenters. The number of hydrogen-bond acceptors (Lipinski definition) is 3. The summed E-state index contributed by atoms with van der Waals surface area (Å²) in [6.45, 7) is 6.86. The summed E-state index contributed by atoms with van der Waals surface area (Å²) in [6.07, 6.45) is 3.73. The first-order chi connectivity index (χ1) is 9.58. The van der Waals surface area contributed by atoms with Crippen LogP contribution in [0.25, 0.3) is 0 Å². The molecule has 1 aliphatic heterocycles. The quantitative estimate of drug-likeness (QED) is 0.870. The van der Waals surface area contributed by atoms with E-state index in [9.17, 15) is 9.59 Å². The average molecular weight is 277 g/mol. The number of carbonyl (C=O) groups is 1. The van der Waals surface area contributed by atoms with Crippen molar-refractivity contribution in [3.63, 3.8) is 0 Å². The van der Waals surface area contributed by atoms with Gasteiger partial charge in [-0.15, -0.1) is 0 Å². The molecule has 0 unspecified atom stereocenters. The van der Waals surface area contributed by atoms with Crippen LogP contribution in [0, 0.1) is 5.92 Å². The topological polar surface area (TPSA) is 65.2 Å². The van der Waals surface area contributed by atoms with Crippen molar-refractivity contribution in [2.45, 2.75) is 32.7 Å². The van der Waals surface area contributed by atoms with E-state index in [1.165, 1.54) is 12.3 Å². The van der Waals surface area contributed by atoms with Gasteiger partial charge in [0.15, 0.2) is 0 Å². The van der Waals surface area contributed by atoms with E-state index in [0.717, 1.165) is 32.5 Å². The summed E-state index contributed by atoms with van der Waals surface area (Å²) in [6, 6.07) is 3.18. The second-order valence-corrected chi connectivity index (χ2v) is 5.69. The summed E-state index contributed by atoms with van der Waals surface area (Å²) in [7, 11) is 0. The van der Waals surface area contributed by atoms with E-state index >= 15 is 0 Å². The third-order valence-electron chi connectivity index (χ3n) is 3.82. The van der Waals surface area contributed by atoms with Crippen molar-refractivity contribution in [2.75, 3.05) is 19.6 Å². The molecule has 0 radical (unpaired) electrons. The normalized spacial score (nSPS) is 16.4. The zero-order chi connectivity index (χ0) is 14.5. The van der Waals surface area contributed by atoms with Gasteiger partial charge in [0.25, 0.3) is 5.91 Å². The molecule has 1 fully saturated rings. The molecule has 1 aromatic heterocycles. The maximum absolute atomic E-state index is 12.6. The van der Waals surface area contributed by atoms with E-state index in [2.05, 4.69) is 10.3 Å². The fourth-order valence-corrected chi connectivity index (χ4v) is 2.61. The standard InChI is InChI=1S/C15H23N3O2/c1-11(2)18(10-12-3-6-16-7-4-12)15(20)13-5-8-17-14(19)9-13/h5,8-9,11-12,16H,3-4,6-7,10H2,1-2H3,(H,17,19). The van der Waals surface area contributed by atoms with Crippen molar-refractivity contribution >= 4 is 5.91 Å². The van der Waals surface area contributed by atoms with Crippen molar-refractivity contribution in [2.24, 2.45) is 5.92 Å². The van der Waals surface area contributed by atoms with Crippen LogP contribution in [0.5, 0.6) is 0 Å². The molecule has 1 saturated heterocycles. The van der Waals surface area contributed by atoms with Crippen LogP contribution in [0.4, 0.5) is 0 Å². The summed E-state index contributed by atoms with van der Waals surface area (Å²) in [5, 5.41) is 3.34. The molecule has 1 amide bonds. The van der Waals surface area contributed by atoms with Crippen LogP contribution in [-0.2, 0) is 0 Å². The predicted molar refractivity (Wildman–Crippen MR) is 78.8 cm³/mol. The van der Waals surface area contributed by atoms with Crippen LogP contribution in [-0.4, -0.2) is 41.5 Å². The number of amides is 1. The number of pyridine rings is 1. The molecular weight excluding hydrogens is 254 g/mol. The highest BCUT2D eigenvalue weighted by Gasteiger charge is 2.23. The minimum Gasteiger partial charge on any atom is -0.336 e. The molecule has 5 nitrogen and oxygen atoms in total. The van der Waals surface area contributed by atoms with Gasteiger partial charge in [0.05, 0.1) is 0 Å². The smallest absolute Gasteiger partial charge is 0.254 e. The first-order valence-electron chi connectivity index (χ1n) is 7.28. The van der Waals surface area contributed by atoms with E-state index < -0.39 is 0 Å². The number of nitrogens with zero attached hydrogens (tertiary/aromatic N) is 1. The maximum atomic E-state index is 12.6. The molecule has 0 spiro atoms. The van der Waals surface area contributed by atoms with Gasteiger partial charge >= 0.3 is 0 Å². The van der Waals surface area contributed by atoms with Crippen LogP contribution in [0.1, 0.15) is 37.0 Å². The van der Waals surface area contributed by atoms with Crippen molar-refractivity contribution in [1.29, 1.82) is 0 Å². The Balaban J connectivity index is 2.11. The van der Waals surface area contributed by atoms with Crippen LogP contribution < -0.4 is 10.9 Å². The molecule has 2 rings (SSSR count). The lowest BCUT2D eigenvalue weighted by Crippen LogP contribution is -2.43. The lowest BCUT2D eigenvalue weighted by Gasteiger charge is -2.33. The Morgan fingerprint density at radius 1 is 1.40 bits per heavy atom. The zero-order valence-electron chi connectivity index (χ0n) is 12.2. The Morgan fingerprint density at radius 3 is 2.70 bits per heavy atom. The molecule has 1 aliphatic rings. The number of H-pyrrole nitrogens is 1. The first kappa shape index (κ1) is 14.8. The summed E-state index contributed by atoms with van der Waals surface area (Å²) in [5.74, 6) is 0.495. The molecule has 5 heteroatoms. The Morgan fingerprint density at radius 2 is 2.10 bits per heavy atom. The Hall–Kier alpha value is -1.62. The first-order valence-corrected chi connectivity index (χ1v) is 7.28. The van der Waals surface area contributed by atoms with Crippen LogP contribution >= 0.6 is 0 Å². The Labute approximate surface area is 119 Å². The van der Waals surface area contributed by atoms with Crippen LogP contribution in [0.2, 0.25) is 0 Å². The summed E-state index contributed by atoms with van der Waals surface area (Å²) < 4.78 is 0. The van der Waals surface area contributed by atoms with Gasteiger partial charge in [0, 0.05) is 30.4 Å². The fourth-order valence-electron chi connectivity index (χ4n) is 2.61. The van der Waals surface area contributed by atoms with Gasteiger partial charge in [-0.2, -0.15) is 0 Å². The Kier molecular flexibility index (Phi) is 4.95. The lowest BCUT2D eigenvalue weighted by atomic mass is 9.96. The van der Waals surface area contributed by atoms with Crippen LogP contribution in [0.15, 0.2) is 23.1 Å². The van der Waals surface area contributed by atoms with E-state index in [-0.39, 0.29) is 17.5 Å². The van der Waals surface area contributed by atoms with E-state index in [0.29, 0.717) is 11.5 Å². The molecule has 0 saturated carbocycles. The second kappa shape index (κ2) is 6.70. The number of piperidine rings is 1. The average Bonchev–Trinajstić information content (AvgIpc) is 2.45. The number of nitrogens with one attached hydrogen (secondary N) is 2. The maximum Gasteiger partial charge on any atom is 0.254 e. The third kappa shape index (κ3) is 3.70. The van der Waals surface area contributed by atoms with Gasteiger partial charge in [0.1, 0.15) is 0 Å². The van der Waals surface area contributed by atoms with E-state index in [1.807, 2.05) is 18.7 Å². The largest absolute Gasteiger partial charge is 0.336 e. The summed E-state index contributed by atoms with van der Waals surface area (Å²) in [4.78, 5) is 28.3. The highest BCUT2D eigenvalue weighted by atomic mass is 16.2. The van der Waals surface area contributed by atoms with Gasteiger partial charge < -0.3 is 15.2 Å². The molecule has 2 heterocycles. The summed E-state index contributed by atoms with van der Waals surface area (Å²) >= 11 is 0. The van der Waals surface area contributed by atoms with Crippen molar-refractivity contribution in [3.8, 4) is 0 Å². The SMILES string of the molecule is CC(C)N(CC1CCNCC1)C(=O)c1cc[nH]c(=O)c1.